The van der Waals surface area contributed by atoms with E-state index in [1.807, 2.05) is 60.7 Å². The zero-order valence-electron chi connectivity index (χ0n) is 15.6. The van der Waals surface area contributed by atoms with E-state index in [0.29, 0.717) is 12.5 Å². The zero-order chi connectivity index (χ0) is 19.0. The van der Waals surface area contributed by atoms with Gasteiger partial charge in [-0.1, -0.05) is 62.4 Å². The Kier molecular flexibility index (Phi) is 4.70. The first-order chi connectivity index (χ1) is 13.1. The molecule has 0 radical (unpaired) electrons. The highest BCUT2D eigenvalue weighted by molar-refractivity contribution is 6.07. The van der Waals surface area contributed by atoms with E-state index >= 15 is 0 Å². The number of carbonyl (C=O) groups is 2. The van der Waals surface area contributed by atoms with Gasteiger partial charge in [0.05, 0.1) is 24.2 Å². The predicted octanol–water partition coefficient (Wildman–Crippen LogP) is 3.41. The van der Waals surface area contributed by atoms with Crippen LogP contribution >= 0.6 is 0 Å². The second-order valence-electron chi connectivity index (χ2n) is 7.66. The molecule has 0 unspecified atom stereocenters. The van der Waals surface area contributed by atoms with E-state index in [9.17, 15) is 9.59 Å². The molecule has 5 heteroatoms. The predicted molar refractivity (Wildman–Crippen MR) is 103 cm³/mol. The molecule has 2 aliphatic rings. The van der Waals surface area contributed by atoms with Crippen LogP contribution in [0.15, 0.2) is 60.7 Å². The number of rotatable bonds is 5. The van der Waals surface area contributed by atoms with E-state index in [2.05, 4.69) is 13.8 Å². The number of amides is 2. The molecule has 0 saturated carbocycles. The Labute approximate surface area is 159 Å². The molecule has 0 spiro atoms. The maximum Gasteiger partial charge on any atom is 0.262 e. The molecule has 0 aliphatic carbocycles. The molecule has 2 aliphatic heterocycles. The first-order valence-electron chi connectivity index (χ1n) is 9.46. The van der Waals surface area contributed by atoms with Crippen LogP contribution in [-0.2, 0) is 21.0 Å². The Bertz CT molecular complexity index is 822. The van der Waals surface area contributed by atoms with Crippen LogP contribution < -0.4 is 5.06 Å². The number of anilines is 1. The van der Waals surface area contributed by atoms with E-state index in [4.69, 9.17) is 4.84 Å². The van der Waals surface area contributed by atoms with Crippen molar-refractivity contribution in [2.75, 3.05) is 5.06 Å². The van der Waals surface area contributed by atoms with Gasteiger partial charge < -0.3 is 0 Å². The maximum atomic E-state index is 13.2. The topological polar surface area (TPSA) is 49.9 Å². The SMILES string of the molecule is CC(C)C[C@H]1[C@H]2C(=O)N(Cc3ccccc3)C(=O)[C@H]2ON1c1ccccc1. The van der Waals surface area contributed by atoms with Gasteiger partial charge in [0, 0.05) is 0 Å². The van der Waals surface area contributed by atoms with Crippen LogP contribution in [0.1, 0.15) is 25.8 Å². The van der Waals surface area contributed by atoms with Gasteiger partial charge in [-0.25, -0.2) is 5.06 Å². The van der Waals surface area contributed by atoms with Crippen LogP contribution in [0, 0.1) is 11.8 Å². The van der Waals surface area contributed by atoms with Gasteiger partial charge in [0.2, 0.25) is 5.91 Å². The molecule has 2 saturated heterocycles. The van der Waals surface area contributed by atoms with Crippen molar-refractivity contribution in [3.8, 4) is 0 Å². The van der Waals surface area contributed by atoms with Crippen LogP contribution in [0.3, 0.4) is 0 Å². The molecular formula is C22H24N2O3. The van der Waals surface area contributed by atoms with Crippen molar-refractivity contribution in [1.29, 1.82) is 0 Å². The molecule has 0 N–H and O–H groups in total. The number of nitrogens with zero attached hydrogens (tertiary/aromatic N) is 2. The van der Waals surface area contributed by atoms with Crippen LogP contribution in [-0.4, -0.2) is 28.9 Å². The molecule has 0 bridgehead atoms. The molecule has 5 nitrogen and oxygen atoms in total. The third-order valence-electron chi connectivity index (χ3n) is 5.24. The normalized spacial score (nSPS) is 24.8. The summed E-state index contributed by atoms with van der Waals surface area (Å²) < 4.78 is 0. The summed E-state index contributed by atoms with van der Waals surface area (Å²) in [6.45, 7) is 4.55. The van der Waals surface area contributed by atoms with E-state index < -0.39 is 12.0 Å². The minimum Gasteiger partial charge on any atom is -0.275 e. The fourth-order valence-corrected chi connectivity index (χ4v) is 4.02. The van der Waals surface area contributed by atoms with Crippen molar-refractivity contribution in [1.82, 2.24) is 4.90 Å². The first kappa shape index (κ1) is 17.7. The van der Waals surface area contributed by atoms with Gasteiger partial charge >= 0.3 is 0 Å². The Balaban J connectivity index is 1.62. The van der Waals surface area contributed by atoms with Crippen molar-refractivity contribution in [2.24, 2.45) is 11.8 Å². The molecule has 3 atom stereocenters. The smallest absolute Gasteiger partial charge is 0.262 e. The second-order valence-corrected chi connectivity index (χ2v) is 7.66. The number of benzene rings is 2. The van der Waals surface area contributed by atoms with E-state index in [0.717, 1.165) is 17.7 Å². The number of fused-ring (bicyclic) bond motifs is 1. The summed E-state index contributed by atoms with van der Waals surface area (Å²) in [5.41, 5.74) is 1.83. The highest BCUT2D eigenvalue weighted by Crippen LogP contribution is 2.41. The Morgan fingerprint density at radius 2 is 1.56 bits per heavy atom. The quantitative estimate of drug-likeness (QED) is 0.763. The summed E-state index contributed by atoms with van der Waals surface area (Å²) in [5.74, 6) is -0.433. The highest BCUT2D eigenvalue weighted by atomic mass is 16.7. The van der Waals surface area contributed by atoms with Crippen molar-refractivity contribution >= 4 is 17.5 Å². The molecular weight excluding hydrogens is 340 g/mol. The summed E-state index contributed by atoms with van der Waals surface area (Å²) in [4.78, 5) is 33.6. The minimum absolute atomic E-state index is 0.127. The van der Waals surface area contributed by atoms with Gasteiger partial charge in [-0.2, -0.15) is 0 Å². The Hall–Kier alpha value is -2.66. The number of carbonyl (C=O) groups excluding carboxylic acids is 2. The van der Waals surface area contributed by atoms with Crippen molar-refractivity contribution in [3.63, 3.8) is 0 Å². The summed E-state index contributed by atoms with van der Waals surface area (Å²) >= 11 is 0. The highest BCUT2D eigenvalue weighted by Gasteiger charge is 2.59. The lowest BCUT2D eigenvalue weighted by molar-refractivity contribution is -0.143. The van der Waals surface area contributed by atoms with Crippen molar-refractivity contribution in [3.05, 3.63) is 66.2 Å². The van der Waals surface area contributed by atoms with Gasteiger partial charge in [-0.05, 0) is 30.0 Å². The number of para-hydroxylation sites is 1. The lowest BCUT2D eigenvalue weighted by atomic mass is 9.90. The number of imide groups is 1. The van der Waals surface area contributed by atoms with Crippen LogP contribution in [0.25, 0.3) is 0 Å². The summed E-state index contributed by atoms with van der Waals surface area (Å²) in [7, 11) is 0. The molecule has 2 amide bonds. The van der Waals surface area contributed by atoms with E-state index in [1.54, 1.807) is 5.06 Å². The first-order valence-corrected chi connectivity index (χ1v) is 9.46. The second kappa shape index (κ2) is 7.16. The summed E-state index contributed by atoms with van der Waals surface area (Å²) in [5, 5.41) is 1.78. The fraction of sp³-hybridized carbons (Fsp3) is 0.364. The standard InChI is InChI=1S/C22H24N2O3/c1-15(2)13-18-19-20(27-24(18)17-11-7-4-8-12-17)22(26)23(21(19)25)14-16-9-5-3-6-10-16/h3-12,15,18-20H,13-14H2,1-2H3/t18-,19+,20-/m0/s1. The monoisotopic (exact) mass is 364 g/mol. The summed E-state index contributed by atoms with van der Waals surface area (Å²) in [6, 6.07) is 19.2. The average molecular weight is 364 g/mol. The number of hydrogen-bond donors (Lipinski definition) is 0. The van der Waals surface area contributed by atoms with Gasteiger partial charge in [0.25, 0.3) is 5.91 Å². The molecule has 2 heterocycles. The third-order valence-corrected chi connectivity index (χ3v) is 5.24. The molecule has 27 heavy (non-hydrogen) atoms. The van der Waals surface area contributed by atoms with Crippen molar-refractivity contribution < 1.29 is 14.4 Å². The maximum absolute atomic E-state index is 13.2. The number of hydroxylamine groups is 1. The molecule has 140 valence electrons. The molecule has 0 aromatic heterocycles. The third kappa shape index (κ3) is 3.23. The molecule has 2 aromatic carbocycles. The summed E-state index contributed by atoms with van der Waals surface area (Å²) in [6.07, 6.45) is 0.0546. The van der Waals surface area contributed by atoms with Crippen LogP contribution in [0.4, 0.5) is 5.69 Å². The number of likely N-dealkylation sites (tertiary alicyclic amines) is 1. The van der Waals surface area contributed by atoms with Crippen LogP contribution in [0.5, 0.6) is 0 Å². The zero-order valence-corrected chi connectivity index (χ0v) is 15.6. The fourth-order valence-electron chi connectivity index (χ4n) is 4.02. The molecule has 4 rings (SSSR count). The lowest BCUT2D eigenvalue weighted by Crippen LogP contribution is -2.40. The Morgan fingerprint density at radius 1 is 0.926 bits per heavy atom. The number of hydrogen-bond acceptors (Lipinski definition) is 4. The van der Waals surface area contributed by atoms with Crippen molar-refractivity contribution in [2.45, 2.75) is 39.0 Å². The van der Waals surface area contributed by atoms with E-state index in [-0.39, 0.29) is 17.9 Å². The molecule has 2 aromatic rings. The van der Waals surface area contributed by atoms with Gasteiger partial charge in [0.15, 0.2) is 6.10 Å². The lowest BCUT2D eigenvalue weighted by Gasteiger charge is -2.29. The minimum atomic E-state index is -0.731. The van der Waals surface area contributed by atoms with E-state index in [1.165, 1.54) is 4.90 Å². The van der Waals surface area contributed by atoms with Crippen LogP contribution in [0.2, 0.25) is 0 Å². The average Bonchev–Trinajstić information content (AvgIpc) is 3.15. The van der Waals surface area contributed by atoms with Gasteiger partial charge in [-0.15, -0.1) is 0 Å². The Morgan fingerprint density at radius 3 is 2.19 bits per heavy atom. The van der Waals surface area contributed by atoms with Gasteiger partial charge in [-0.3, -0.25) is 19.3 Å². The molecule has 2 fully saturated rings. The van der Waals surface area contributed by atoms with Gasteiger partial charge in [0.1, 0.15) is 0 Å². The largest absolute Gasteiger partial charge is 0.275 e.